The van der Waals surface area contributed by atoms with Crippen molar-refractivity contribution in [3.8, 4) is 11.5 Å². The van der Waals surface area contributed by atoms with Crippen LogP contribution in [0.5, 0.6) is 11.5 Å². The number of aromatic nitrogens is 1. The molecule has 0 N–H and O–H groups in total. The lowest BCUT2D eigenvalue weighted by atomic mass is 10.1. The van der Waals surface area contributed by atoms with Crippen molar-refractivity contribution in [2.45, 2.75) is 20.4 Å². The van der Waals surface area contributed by atoms with Crippen LogP contribution in [0.25, 0.3) is 0 Å². The Hall–Kier alpha value is -2.54. The molecule has 4 rings (SSSR count). The zero-order valence-electron chi connectivity index (χ0n) is 15.2. The lowest BCUT2D eigenvalue weighted by Gasteiger charge is -2.34. The highest BCUT2D eigenvalue weighted by Crippen LogP contribution is 2.31. The van der Waals surface area contributed by atoms with Gasteiger partial charge >= 0.3 is 0 Å². The van der Waals surface area contributed by atoms with Crippen molar-refractivity contribution >= 4 is 5.91 Å². The smallest absolute Gasteiger partial charge is 0.259 e. The lowest BCUT2D eigenvalue weighted by Crippen LogP contribution is -2.48. The number of ether oxygens (including phenoxy) is 2. The fraction of sp³-hybridized carbons (Fsp3) is 0.474. The Balaban J connectivity index is 1.36. The highest BCUT2D eigenvalue weighted by atomic mass is 16.6. The monoisotopic (exact) mass is 357 g/mol. The zero-order chi connectivity index (χ0) is 18.1. The maximum Gasteiger partial charge on any atom is 0.259 e. The molecule has 1 aromatic carbocycles. The van der Waals surface area contributed by atoms with Crippen LogP contribution in [0.4, 0.5) is 0 Å². The molecule has 0 spiro atoms. The van der Waals surface area contributed by atoms with Gasteiger partial charge in [0.1, 0.15) is 24.5 Å². The first-order valence-corrected chi connectivity index (χ1v) is 8.95. The molecule has 26 heavy (non-hydrogen) atoms. The Morgan fingerprint density at radius 1 is 1.08 bits per heavy atom. The van der Waals surface area contributed by atoms with Crippen molar-refractivity contribution in [3.63, 3.8) is 0 Å². The molecule has 0 saturated carbocycles. The molecular weight excluding hydrogens is 334 g/mol. The predicted molar refractivity (Wildman–Crippen MR) is 94.6 cm³/mol. The number of carbonyl (C=O) groups excluding carboxylic acids is 1. The molecule has 0 atom stereocenters. The van der Waals surface area contributed by atoms with Crippen molar-refractivity contribution in [1.82, 2.24) is 15.0 Å². The van der Waals surface area contributed by atoms with Gasteiger partial charge in [0.25, 0.3) is 5.91 Å². The van der Waals surface area contributed by atoms with Crippen LogP contribution in [0, 0.1) is 13.8 Å². The molecule has 2 aliphatic heterocycles. The number of hydrogen-bond donors (Lipinski definition) is 0. The summed E-state index contributed by atoms with van der Waals surface area (Å²) in [5.41, 5.74) is 2.45. The van der Waals surface area contributed by atoms with Gasteiger partial charge < -0.3 is 18.9 Å². The number of benzene rings is 1. The standard InChI is InChI=1S/C19H23N3O4/c1-13-18(14(2)26-20-13)19(23)22-7-5-21(6-8-22)12-15-3-4-16-17(11-15)25-10-9-24-16/h3-4,11H,5-10,12H2,1-2H3. The second-order valence-electron chi connectivity index (χ2n) is 6.75. The third-order valence-electron chi connectivity index (χ3n) is 4.92. The average Bonchev–Trinajstić information content (AvgIpc) is 3.00. The van der Waals surface area contributed by atoms with Crippen LogP contribution in [0.3, 0.4) is 0 Å². The number of aryl methyl sites for hydroxylation is 2. The minimum Gasteiger partial charge on any atom is -0.486 e. The van der Waals surface area contributed by atoms with E-state index in [9.17, 15) is 4.79 Å². The second-order valence-corrected chi connectivity index (χ2v) is 6.75. The molecule has 3 heterocycles. The summed E-state index contributed by atoms with van der Waals surface area (Å²) in [4.78, 5) is 16.9. The molecule has 0 bridgehead atoms. The third-order valence-corrected chi connectivity index (χ3v) is 4.92. The van der Waals surface area contributed by atoms with Crippen molar-refractivity contribution < 1.29 is 18.8 Å². The summed E-state index contributed by atoms with van der Waals surface area (Å²) in [6, 6.07) is 6.10. The van der Waals surface area contributed by atoms with Crippen LogP contribution < -0.4 is 9.47 Å². The van der Waals surface area contributed by atoms with E-state index in [4.69, 9.17) is 14.0 Å². The van der Waals surface area contributed by atoms with Gasteiger partial charge in [0.15, 0.2) is 11.5 Å². The van der Waals surface area contributed by atoms with E-state index in [2.05, 4.69) is 22.2 Å². The molecule has 1 amide bonds. The van der Waals surface area contributed by atoms with Gasteiger partial charge in [-0.3, -0.25) is 9.69 Å². The number of rotatable bonds is 3. The summed E-state index contributed by atoms with van der Waals surface area (Å²) in [6.45, 7) is 8.71. The minimum atomic E-state index is 0.0141. The third kappa shape index (κ3) is 3.26. The summed E-state index contributed by atoms with van der Waals surface area (Å²) in [7, 11) is 0. The molecule has 2 aromatic rings. The Morgan fingerprint density at radius 3 is 2.50 bits per heavy atom. The SMILES string of the molecule is Cc1noc(C)c1C(=O)N1CCN(Cc2ccc3c(c2)OCCO3)CC1. The molecule has 0 aliphatic carbocycles. The van der Waals surface area contributed by atoms with Gasteiger partial charge in [0.05, 0.1) is 5.69 Å². The molecule has 138 valence electrons. The predicted octanol–water partition coefficient (Wildman–Crippen LogP) is 2.02. The maximum atomic E-state index is 12.7. The lowest BCUT2D eigenvalue weighted by molar-refractivity contribution is 0.0626. The number of piperazine rings is 1. The molecule has 0 unspecified atom stereocenters. The number of amides is 1. The summed E-state index contributed by atoms with van der Waals surface area (Å²) < 4.78 is 16.3. The molecular formula is C19H23N3O4. The van der Waals surface area contributed by atoms with Crippen molar-refractivity contribution in [1.29, 1.82) is 0 Å². The normalized spacial score (nSPS) is 17.4. The molecule has 2 aliphatic rings. The van der Waals surface area contributed by atoms with E-state index in [1.807, 2.05) is 17.9 Å². The molecule has 7 heteroatoms. The van der Waals surface area contributed by atoms with Crippen LogP contribution >= 0.6 is 0 Å². The van der Waals surface area contributed by atoms with Crippen LogP contribution in [0.2, 0.25) is 0 Å². The van der Waals surface area contributed by atoms with Gasteiger partial charge in [-0.05, 0) is 31.5 Å². The zero-order valence-corrected chi connectivity index (χ0v) is 15.2. The Kier molecular flexibility index (Phi) is 4.55. The van der Waals surface area contributed by atoms with E-state index < -0.39 is 0 Å². The van der Waals surface area contributed by atoms with Gasteiger partial charge in [0, 0.05) is 32.7 Å². The van der Waals surface area contributed by atoms with Crippen molar-refractivity contribution in [3.05, 3.63) is 40.8 Å². The van der Waals surface area contributed by atoms with Gasteiger partial charge in [-0.25, -0.2) is 0 Å². The van der Waals surface area contributed by atoms with E-state index in [0.717, 1.165) is 31.1 Å². The van der Waals surface area contributed by atoms with Gasteiger partial charge in [0.2, 0.25) is 0 Å². The summed E-state index contributed by atoms with van der Waals surface area (Å²) >= 11 is 0. The van der Waals surface area contributed by atoms with E-state index >= 15 is 0 Å². The van der Waals surface area contributed by atoms with Gasteiger partial charge in [-0.2, -0.15) is 0 Å². The highest BCUT2D eigenvalue weighted by Gasteiger charge is 2.26. The van der Waals surface area contributed by atoms with Crippen LogP contribution in [-0.2, 0) is 6.54 Å². The van der Waals surface area contributed by atoms with E-state index in [0.29, 0.717) is 43.3 Å². The molecule has 1 fully saturated rings. The first-order valence-electron chi connectivity index (χ1n) is 8.95. The Bertz CT molecular complexity index is 790. The Morgan fingerprint density at radius 2 is 1.81 bits per heavy atom. The number of fused-ring (bicyclic) bond motifs is 1. The summed E-state index contributed by atoms with van der Waals surface area (Å²) in [5.74, 6) is 2.24. The maximum absolute atomic E-state index is 12.7. The summed E-state index contributed by atoms with van der Waals surface area (Å²) in [6.07, 6.45) is 0. The first kappa shape index (κ1) is 16.9. The summed E-state index contributed by atoms with van der Waals surface area (Å²) in [5, 5.41) is 3.88. The van der Waals surface area contributed by atoms with Crippen LogP contribution in [0.1, 0.15) is 27.4 Å². The van der Waals surface area contributed by atoms with E-state index in [1.165, 1.54) is 5.56 Å². The van der Waals surface area contributed by atoms with E-state index in [-0.39, 0.29) is 5.91 Å². The number of carbonyl (C=O) groups is 1. The molecule has 1 aromatic heterocycles. The van der Waals surface area contributed by atoms with Crippen LogP contribution in [-0.4, -0.2) is 60.3 Å². The largest absolute Gasteiger partial charge is 0.486 e. The van der Waals surface area contributed by atoms with Crippen LogP contribution in [0.15, 0.2) is 22.7 Å². The quantitative estimate of drug-likeness (QED) is 0.837. The minimum absolute atomic E-state index is 0.0141. The topological polar surface area (TPSA) is 68.0 Å². The van der Waals surface area contributed by atoms with Gasteiger partial charge in [-0.1, -0.05) is 11.2 Å². The Labute approximate surface area is 152 Å². The van der Waals surface area contributed by atoms with Crippen molar-refractivity contribution in [2.75, 3.05) is 39.4 Å². The van der Waals surface area contributed by atoms with Gasteiger partial charge in [-0.15, -0.1) is 0 Å². The highest BCUT2D eigenvalue weighted by molar-refractivity contribution is 5.96. The molecule has 0 radical (unpaired) electrons. The number of nitrogens with zero attached hydrogens (tertiary/aromatic N) is 3. The van der Waals surface area contributed by atoms with E-state index in [1.54, 1.807) is 6.92 Å². The average molecular weight is 357 g/mol. The fourth-order valence-corrected chi connectivity index (χ4v) is 3.50. The number of hydrogen-bond acceptors (Lipinski definition) is 6. The molecule has 7 nitrogen and oxygen atoms in total. The second kappa shape index (κ2) is 6.99. The fourth-order valence-electron chi connectivity index (χ4n) is 3.50. The van der Waals surface area contributed by atoms with Crippen molar-refractivity contribution in [2.24, 2.45) is 0 Å². The molecule has 1 saturated heterocycles. The first-order chi connectivity index (χ1) is 12.6.